The molecule has 1 fully saturated rings. The number of nitrogens with zero attached hydrogens (tertiary/aromatic N) is 1. The number of nitrogens with two attached hydrogens (primary N) is 1. The summed E-state index contributed by atoms with van der Waals surface area (Å²) in [7, 11) is 0. The van der Waals surface area contributed by atoms with E-state index in [2.05, 4.69) is 5.32 Å². The Morgan fingerprint density at radius 1 is 1.35 bits per heavy atom. The number of likely N-dealkylation sites (tertiary alicyclic amines) is 1. The molecule has 2 amide bonds. The van der Waals surface area contributed by atoms with Gasteiger partial charge in [0.05, 0.1) is 6.04 Å². The van der Waals surface area contributed by atoms with E-state index in [4.69, 9.17) is 10.8 Å². The van der Waals surface area contributed by atoms with E-state index < -0.39 is 6.04 Å². The fraction of sp³-hybridized carbons (Fsp3) is 0.857. The molecule has 6 nitrogen and oxygen atoms in total. The molecule has 0 saturated carbocycles. The second-order valence-corrected chi connectivity index (χ2v) is 5.74. The summed E-state index contributed by atoms with van der Waals surface area (Å²) >= 11 is 0. The highest BCUT2D eigenvalue weighted by atomic mass is 16.3. The van der Waals surface area contributed by atoms with Crippen molar-refractivity contribution in [2.75, 3.05) is 26.2 Å². The van der Waals surface area contributed by atoms with Gasteiger partial charge in [0.1, 0.15) is 0 Å². The minimum absolute atomic E-state index is 0.0147. The van der Waals surface area contributed by atoms with Crippen molar-refractivity contribution in [1.82, 2.24) is 10.2 Å². The fourth-order valence-corrected chi connectivity index (χ4v) is 2.29. The first kappa shape index (κ1) is 16.9. The largest absolute Gasteiger partial charge is 0.396 e. The zero-order chi connectivity index (χ0) is 15.1. The lowest BCUT2D eigenvalue weighted by Crippen LogP contribution is -2.50. The maximum atomic E-state index is 12.1. The molecule has 6 heteroatoms. The summed E-state index contributed by atoms with van der Waals surface area (Å²) in [4.78, 5) is 25.7. The van der Waals surface area contributed by atoms with Crippen LogP contribution in [0.3, 0.4) is 0 Å². The van der Waals surface area contributed by atoms with Crippen LogP contribution in [-0.2, 0) is 9.59 Å². The normalized spacial score (nSPS) is 18.1. The average Bonchev–Trinajstić information content (AvgIpc) is 2.46. The van der Waals surface area contributed by atoms with E-state index >= 15 is 0 Å². The van der Waals surface area contributed by atoms with E-state index in [1.165, 1.54) is 0 Å². The lowest BCUT2D eigenvalue weighted by atomic mass is 9.94. The smallest absolute Gasteiger partial charge is 0.239 e. The highest BCUT2D eigenvalue weighted by Gasteiger charge is 2.30. The first-order chi connectivity index (χ1) is 9.47. The van der Waals surface area contributed by atoms with Gasteiger partial charge in [-0.1, -0.05) is 13.8 Å². The van der Waals surface area contributed by atoms with Crippen LogP contribution < -0.4 is 11.1 Å². The number of aliphatic hydroxyl groups is 1. The van der Waals surface area contributed by atoms with Gasteiger partial charge in [0.2, 0.25) is 11.8 Å². The molecule has 4 N–H and O–H groups in total. The number of rotatable bonds is 6. The van der Waals surface area contributed by atoms with Gasteiger partial charge in [-0.2, -0.15) is 0 Å². The van der Waals surface area contributed by atoms with Crippen LogP contribution in [-0.4, -0.2) is 54.1 Å². The highest BCUT2D eigenvalue weighted by Crippen LogP contribution is 2.18. The molecule has 1 rings (SSSR count). The molecular weight excluding hydrogens is 258 g/mol. The van der Waals surface area contributed by atoms with E-state index in [1.54, 1.807) is 4.90 Å². The van der Waals surface area contributed by atoms with Crippen molar-refractivity contribution in [3.05, 3.63) is 0 Å². The van der Waals surface area contributed by atoms with Crippen LogP contribution in [0.15, 0.2) is 0 Å². The Hall–Kier alpha value is -1.14. The summed E-state index contributed by atoms with van der Waals surface area (Å²) in [6.45, 7) is 5.65. The molecule has 0 spiro atoms. The van der Waals surface area contributed by atoms with Crippen molar-refractivity contribution in [2.24, 2.45) is 17.6 Å². The Morgan fingerprint density at radius 3 is 2.45 bits per heavy atom. The van der Waals surface area contributed by atoms with E-state index in [1.807, 2.05) is 13.8 Å². The molecule has 0 radical (unpaired) electrons. The number of piperidine rings is 1. The fourth-order valence-electron chi connectivity index (χ4n) is 2.29. The van der Waals surface area contributed by atoms with Gasteiger partial charge in [0.15, 0.2) is 0 Å². The van der Waals surface area contributed by atoms with E-state index in [9.17, 15) is 9.59 Å². The van der Waals surface area contributed by atoms with Gasteiger partial charge in [-0.3, -0.25) is 9.59 Å². The van der Waals surface area contributed by atoms with Crippen molar-refractivity contribution in [3.63, 3.8) is 0 Å². The molecule has 1 saturated heterocycles. The van der Waals surface area contributed by atoms with Crippen LogP contribution in [0.4, 0.5) is 0 Å². The first-order valence-electron chi connectivity index (χ1n) is 7.40. The Labute approximate surface area is 120 Å². The maximum Gasteiger partial charge on any atom is 0.239 e. The molecule has 0 aromatic rings. The molecular formula is C14H27N3O3. The highest BCUT2D eigenvalue weighted by molar-refractivity contribution is 5.83. The number of hydrogen-bond donors (Lipinski definition) is 3. The van der Waals surface area contributed by atoms with E-state index in [0.717, 1.165) is 0 Å². The van der Waals surface area contributed by atoms with Crippen LogP contribution >= 0.6 is 0 Å². The van der Waals surface area contributed by atoms with Gasteiger partial charge in [-0.25, -0.2) is 0 Å². The Morgan fingerprint density at radius 2 is 1.95 bits per heavy atom. The summed E-state index contributed by atoms with van der Waals surface area (Å²) in [6, 6.07) is -0.454. The van der Waals surface area contributed by atoms with Crippen molar-refractivity contribution in [1.29, 1.82) is 0 Å². The molecule has 20 heavy (non-hydrogen) atoms. The standard InChI is InChI=1S/C14H27N3O3/c1-10(2)12(15)14(20)17-7-4-11(5-8-17)13(19)16-6-3-9-18/h10-12,18H,3-9,15H2,1-2H3,(H,16,19)/t12-/m0/s1. The molecule has 1 atom stereocenters. The number of carbonyl (C=O) groups is 2. The van der Waals surface area contributed by atoms with Crippen LogP contribution in [0.1, 0.15) is 33.1 Å². The summed E-state index contributed by atoms with van der Waals surface area (Å²) in [5, 5.41) is 11.5. The maximum absolute atomic E-state index is 12.1. The number of aliphatic hydroxyl groups excluding tert-OH is 1. The second-order valence-electron chi connectivity index (χ2n) is 5.74. The number of nitrogens with one attached hydrogen (secondary N) is 1. The third-order valence-corrected chi connectivity index (χ3v) is 3.81. The zero-order valence-electron chi connectivity index (χ0n) is 12.5. The summed E-state index contributed by atoms with van der Waals surface area (Å²) in [5.74, 6) is 0.105. The predicted octanol–water partition coefficient (Wildman–Crippen LogP) is -0.293. The summed E-state index contributed by atoms with van der Waals surface area (Å²) in [5.41, 5.74) is 5.87. The lowest BCUT2D eigenvalue weighted by Gasteiger charge is -2.33. The zero-order valence-corrected chi connectivity index (χ0v) is 12.5. The van der Waals surface area contributed by atoms with Crippen LogP contribution in [0.2, 0.25) is 0 Å². The Kier molecular flexibility index (Phi) is 6.95. The molecule has 0 aromatic carbocycles. The minimum atomic E-state index is -0.454. The number of amides is 2. The number of hydrogen-bond acceptors (Lipinski definition) is 4. The summed E-state index contributed by atoms with van der Waals surface area (Å²) < 4.78 is 0. The average molecular weight is 285 g/mol. The van der Waals surface area contributed by atoms with Gasteiger partial charge in [0, 0.05) is 32.2 Å². The summed E-state index contributed by atoms with van der Waals surface area (Å²) in [6.07, 6.45) is 1.94. The molecule has 1 aliphatic heterocycles. The topological polar surface area (TPSA) is 95.7 Å². The molecule has 0 aliphatic carbocycles. The van der Waals surface area contributed by atoms with Gasteiger partial charge in [-0.05, 0) is 25.2 Å². The predicted molar refractivity (Wildman–Crippen MR) is 76.8 cm³/mol. The third kappa shape index (κ3) is 4.76. The first-order valence-corrected chi connectivity index (χ1v) is 7.40. The molecule has 0 unspecified atom stereocenters. The van der Waals surface area contributed by atoms with Crippen molar-refractivity contribution < 1.29 is 14.7 Å². The van der Waals surface area contributed by atoms with Crippen LogP contribution in [0, 0.1) is 11.8 Å². The number of carbonyl (C=O) groups excluding carboxylic acids is 2. The van der Waals surface area contributed by atoms with E-state index in [-0.39, 0.29) is 30.3 Å². The molecule has 1 heterocycles. The van der Waals surface area contributed by atoms with Gasteiger partial charge in [-0.15, -0.1) is 0 Å². The molecule has 116 valence electrons. The van der Waals surface area contributed by atoms with Gasteiger partial charge < -0.3 is 21.1 Å². The van der Waals surface area contributed by atoms with Crippen molar-refractivity contribution >= 4 is 11.8 Å². The monoisotopic (exact) mass is 285 g/mol. The molecule has 0 aromatic heterocycles. The molecule has 1 aliphatic rings. The Balaban J connectivity index is 2.36. The minimum Gasteiger partial charge on any atom is -0.396 e. The quantitative estimate of drug-likeness (QED) is 0.584. The van der Waals surface area contributed by atoms with E-state index in [0.29, 0.717) is 38.9 Å². The van der Waals surface area contributed by atoms with Crippen LogP contribution in [0.25, 0.3) is 0 Å². The van der Waals surface area contributed by atoms with Crippen molar-refractivity contribution in [3.8, 4) is 0 Å². The third-order valence-electron chi connectivity index (χ3n) is 3.81. The van der Waals surface area contributed by atoms with Crippen LogP contribution in [0.5, 0.6) is 0 Å². The van der Waals surface area contributed by atoms with Crippen molar-refractivity contribution in [2.45, 2.75) is 39.2 Å². The van der Waals surface area contributed by atoms with Gasteiger partial charge >= 0.3 is 0 Å². The molecule has 0 bridgehead atoms. The lowest BCUT2D eigenvalue weighted by molar-refractivity contribution is -0.137. The van der Waals surface area contributed by atoms with Gasteiger partial charge in [0.25, 0.3) is 0 Å². The Bertz CT molecular complexity index is 326. The SMILES string of the molecule is CC(C)[C@H](N)C(=O)N1CCC(C(=O)NCCCO)CC1. The second kappa shape index (κ2) is 8.21.